The van der Waals surface area contributed by atoms with E-state index in [0.717, 1.165) is 31.2 Å². The number of halogens is 1. The second kappa shape index (κ2) is 10.1. The first kappa shape index (κ1) is 18.3. The number of pyridine rings is 1. The van der Waals surface area contributed by atoms with Gasteiger partial charge in [-0.05, 0) is 19.1 Å². The fourth-order valence-corrected chi connectivity index (χ4v) is 1.75. The minimum atomic E-state index is 0. The predicted octanol–water partition coefficient (Wildman–Crippen LogP) is 1.69. The van der Waals surface area contributed by atoms with E-state index in [2.05, 4.69) is 30.8 Å². The number of hydrogen-bond donors (Lipinski definition) is 2. The van der Waals surface area contributed by atoms with Crippen LogP contribution in [0.25, 0.3) is 0 Å². The average Bonchev–Trinajstić information content (AvgIpc) is 2.91. The monoisotopic (exact) mass is 416 g/mol. The lowest BCUT2D eigenvalue weighted by Crippen LogP contribution is -2.38. The van der Waals surface area contributed by atoms with Gasteiger partial charge in [-0.25, -0.2) is 4.99 Å². The normalized spacial score (nSPS) is 10.9. The van der Waals surface area contributed by atoms with Gasteiger partial charge in [0.25, 0.3) is 0 Å². The Kier molecular flexibility index (Phi) is 8.41. The highest BCUT2D eigenvalue weighted by atomic mass is 127. The van der Waals surface area contributed by atoms with Crippen molar-refractivity contribution in [2.75, 3.05) is 13.1 Å². The zero-order valence-corrected chi connectivity index (χ0v) is 15.1. The van der Waals surface area contributed by atoms with Crippen LogP contribution in [-0.4, -0.2) is 34.2 Å². The molecule has 2 aromatic heterocycles. The highest BCUT2D eigenvalue weighted by Gasteiger charge is 2.02. The van der Waals surface area contributed by atoms with Crippen LogP contribution in [0.15, 0.2) is 33.9 Å². The van der Waals surface area contributed by atoms with Crippen molar-refractivity contribution >= 4 is 29.9 Å². The topological polar surface area (TPSA) is 88.2 Å². The molecular formula is C14H21IN6O. The van der Waals surface area contributed by atoms with E-state index in [1.165, 1.54) is 0 Å². The number of nitrogens with one attached hydrogen (secondary N) is 2. The van der Waals surface area contributed by atoms with E-state index in [-0.39, 0.29) is 24.0 Å². The molecule has 0 radical (unpaired) electrons. The third-order valence-corrected chi connectivity index (χ3v) is 2.69. The minimum Gasteiger partial charge on any atom is -0.357 e. The fraction of sp³-hybridized carbons (Fsp3) is 0.429. The van der Waals surface area contributed by atoms with Crippen molar-refractivity contribution in [3.05, 3.63) is 41.8 Å². The van der Waals surface area contributed by atoms with Crippen molar-refractivity contribution in [1.29, 1.82) is 0 Å². The van der Waals surface area contributed by atoms with E-state index in [1.807, 2.05) is 25.1 Å². The quantitative estimate of drug-likeness (QED) is 0.424. The van der Waals surface area contributed by atoms with Gasteiger partial charge in [-0.15, -0.1) is 24.0 Å². The number of guanidine groups is 1. The van der Waals surface area contributed by atoms with Crippen LogP contribution in [-0.2, 0) is 13.0 Å². The van der Waals surface area contributed by atoms with Gasteiger partial charge < -0.3 is 15.2 Å². The summed E-state index contributed by atoms with van der Waals surface area (Å²) >= 11 is 0. The van der Waals surface area contributed by atoms with Crippen LogP contribution in [0.4, 0.5) is 0 Å². The molecule has 0 fully saturated rings. The Morgan fingerprint density at radius 3 is 2.82 bits per heavy atom. The summed E-state index contributed by atoms with van der Waals surface area (Å²) in [6.45, 7) is 5.72. The molecule has 22 heavy (non-hydrogen) atoms. The molecule has 0 aliphatic heterocycles. The van der Waals surface area contributed by atoms with Gasteiger partial charge >= 0.3 is 0 Å². The Hall–Kier alpha value is -1.71. The maximum absolute atomic E-state index is 4.92. The SMILES string of the molecule is CCNC(=NCc1noc(C)n1)NCCc1ccccn1.I. The number of rotatable bonds is 6. The molecule has 0 saturated heterocycles. The summed E-state index contributed by atoms with van der Waals surface area (Å²) in [5.74, 6) is 1.86. The van der Waals surface area contributed by atoms with Crippen molar-refractivity contribution < 1.29 is 4.52 Å². The molecule has 0 bridgehead atoms. The summed E-state index contributed by atoms with van der Waals surface area (Å²) in [6, 6.07) is 5.91. The third kappa shape index (κ3) is 6.37. The number of aryl methyl sites for hydroxylation is 1. The molecule has 120 valence electrons. The van der Waals surface area contributed by atoms with Crippen LogP contribution in [0.3, 0.4) is 0 Å². The molecule has 7 nitrogen and oxygen atoms in total. The number of aliphatic imine (C=N–C) groups is 1. The van der Waals surface area contributed by atoms with Crippen LogP contribution in [0.2, 0.25) is 0 Å². The lowest BCUT2D eigenvalue weighted by atomic mass is 10.3. The first-order valence-electron chi connectivity index (χ1n) is 6.99. The van der Waals surface area contributed by atoms with Gasteiger partial charge in [0.1, 0.15) is 6.54 Å². The van der Waals surface area contributed by atoms with Crippen molar-refractivity contribution in [3.8, 4) is 0 Å². The highest BCUT2D eigenvalue weighted by molar-refractivity contribution is 14.0. The largest absolute Gasteiger partial charge is 0.357 e. The Morgan fingerprint density at radius 1 is 1.32 bits per heavy atom. The Bertz CT molecular complexity index is 572. The van der Waals surface area contributed by atoms with Crippen LogP contribution >= 0.6 is 24.0 Å². The first-order valence-corrected chi connectivity index (χ1v) is 6.99. The summed E-state index contributed by atoms with van der Waals surface area (Å²) < 4.78 is 4.92. The first-order chi connectivity index (χ1) is 10.3. The molecule has 0 aromatic carbocycles. The molecule has 0 aliphatic carbocycles. The van der Waals surface area contributed by atoms with Crippen molar-refractivity contribution in [3.63, 3.8) is 0 Å². The molecule has 0 unspecified atom stereocenters. The van der Waals surface area contributed by atoms with Gasteiger partial charge in [-0.2, -0.15) is 4.98 Å². The molecule has 0 aliphatic rings. The number of aromatic nitrogens is 3. The number of nitrogens with zero attached hydrogens (tertiary/aromatic N) is 4. The molecule has 2 rings (SSSR count). The molecule has 0 atom stereocenters. The van der Waals surface area contributed by atoms with Gasteiger partial charge in [0, 0.05) is 38.3 Å². The average molecular weight is 416 g/mol. The van der Waals surface area contributed by atoms with E-state index < -0.39 is 0 Å². The molecular weight excluding hydrogens is 395 g/mol. The Labute approximate surface area is 147 Å². The lowest BCUT2D eigenvalue weighted by Gasteiger charge is -2.10. The zero-order valence-electron chi connectivity index (χ0n) is 12.7. The predicted molar refractivity (Wildman–Crippen MR) is 95.2 cm³/mol. The second-order valence-corrected chi connectivity index (χ2v) is 4.42. The highest BCUT2D eigenvalue weighted by Crippen LogP contribution is 1.97. The molecule has 2 heterocycles. The summed E-state index contributed by atoms with van der Waals surface area (Å²) in [5.41, 5.74) is 1.05. The smallest absolute Gasteiger partial charge is 0.223 e. The van der Waals surface area contributed by atoms with Gasteiger partial charge in [-0.3, -0.25) is 4.98 Å². The van der Waals surface area contributed by atoms with E-state index in [0.29, 0.717) is 18.3 Å². The summed E-state index contributed by atoms with van der Waals surface area (Å²) in [6.07, 6.45) is 2.64. The van der Waals surface area contributed by atoms with E-state index in [9.17, 15) is 0 Å². The van der Waals surface area contributed by atoms with Crippen molar-refractivity contribution in [2.24, 2.45) is 4.99 Å². The van der Waals surface area contributed by atoms with Gasteiger partial charge in [0.2, 0.25) is 5.89 Å². The van der Waals surface area contributed by atoms with E-state index in [1.54, 1.807) is 13.1 Å². The maximum atomic E-state index is 4.92. The third-order valence-electron chi connectivity index (χ3n) is 2.69. The number of hydrogen-bond acceptors (Lipinski definition) is 5. The molecule has 0 spiro atoms. The van der Waals surface area contributed by atoms with Crippen LogP contribution in [0, 0.1) is 6.92 Å². The summed E-state index contributed by atoms with van der Waals surface area (Å²) in [5, 5.41) is 10.3. The lowest BCUT2D eigenvalue weighted by molar-refractivity contribution is 0.387. The molecule has 0 saturated carbocycles. The van der Waals surface area contributed by atoms with Crippen molar-refractivity contribution in [2.45, 2.75) is 26.8 Å². The van der Waals surface area contributed by atoms with E-state index >= 15 is 0 Å². The summed E-state index contributed by atoms with van der Waals surface area (Å²) in [4.78, 5) is 12.8. The van der Waals surface area contributed by atoms with Gasteiger partial charge in [0.15, 0.2) is 11.8 Å². The second-order valence-electron chi connectivity index (χ2n) is 4.42. The molecule has 8 heteroatoms. The van der Waals surface area contributed by atoms with Crippen LogP contribution in [0.1, 0.15) is 24.3 Å². The van der Waals surface area contributed by atoms with Crippen LogP contribution < -0.4 is 10.6 Å². The molecule has 2 aromatic rings. The van der Waals surface area contributed by atoms with Gasteiger partial charge in [-0.1, -0.05) is 11.2 Å². The zero-order chi connectivity index (χ0) is 14.9. The van der Waals surface area contributed by atoms with Gasteiger partial charge in [0.05, 0.1) is 0 Å². The fourth-order valence-electron chi connectivity index (χ4n) is 1.75. The molecule has 2 N–H and O–H groups in total. The van der Waals surface area contributed by atoms with E-state index in [4.69, 9.17) is 4.52 Å². The Balaban J connectivity index is 0.00000242. The van der Waals surface area contributed by atoms with Crippen molar-refractivity contribution in [1.82, 2.24) is 25.8 Å². The standard InChI is InChI=1S/C14H20N6O.HI/c1-3-15-14(18-10-13-19-11(2)21-20-13)17-9-7-12-6-4-5-8-16-12;/h4-6,8H,3,7,9-10H2,1-2H3,(H2,15,17,18);1H. The Morgan fingerprint density at radius 2 is 2.18 bits per heavy atom. The molecule has 0 amide bonds. The van der Waals surface area contributed by atoms with Crippen LogP contribution in [0.5, 0.6) is 0 Å². The minimum absolute atomic E-state index is 0. The summed E-state index contributed by atoms with van der Waals surface area (Å²) in [7, 11) is 0. The maximum Gasteiger partial charge on any atom is 0.223 e.